The van der Waals surface area contributed by atoms with Crippen LogP contribution in [0.4, 0.5) is 8.78 Å². The van der Waals surface area contributed by atoms with E-state index in [2.05, 4.69) is 20.6 Å². The summed E-state index contributed by atoms with van der Waals surface area (Å²) in [5.74, 6) is 0.718. The molecule has 5 nitrogen and oxygen atoms in total. The highest BCUT2D eigenvalue weighted by molar-refractivity contribution is 5.40. The van der Waals surface area contributed by atoms with E-state index in [1.165, 1.54) is 32.3 Å². The molecular weight excluding hydrogens is 374 g/mol. The lowest BCUT2D eigenvalue weighted by molar-refractivity contribution is 0.201. The molecule has 2 unspecified atom stereocenters. The van der Waals surface area contributed by atoms with E-state index in [0.717, 1.165) is 38.2 Å². The number of alkyl halides is 1. The fraction of sp³-hybridized carbons (Fsp3) is 0.545. The van der Waals surface area contributed by atoms with Crippen molar-refractivity contribution in [1.82, 2.24) is 20.6 Å². The van der Waals surface area contributed by atoms with Gasteiger partial charge in [-0.15, -0.1) is 0 Å². The van der Waals surface area contributed by atoms with Gasteiger partial charge >= 0.3 is 0 Å². The SMILES string of the molecule is CC(C)(F)CCc1cc(F)ccc1Oc1cncnc1C1NCCC12CCNC2. The number of aromatic nitrogens is 2. The van der Waals surface area contributed by atoms with E-state index in [9.17, 15) is 8.78 Å². The van der Waals surface area contributed by atoms with Crippen molar-refractivity contribution in [2.75, 3.05) is 19.6 Å². The lowest BCUT2D eigenvalue weighted by atomic mass is 9.78. The zero-order valence-corrected chi connectivity index (χ0v) is 17.0. The molecule has 156 valence electrons. The van der Waals surface area contributed by atoms with Gasteiger partial charge in [0.2, 0.25) is 0 Å². The van der Waals surface area contributed by atoms with Gasteiger partial charge in [-0.25, -0.2) is 18.7 Å². The van der Waals surface area contributed by atoms with Gasteiger partial charge in [0.25, 0.3) is 0 Å². The second kappa shape index (κ2) is 7.95. The van der Waals surface area contributed by atoms with Crippen LogP contribution in [0.15, 0.2) is 30.7 Å². The number of hydrogen-bond acceptors (Lipinski definition) is 5. The second-order valence-corrected chi connectivity index (χ2v) is 8.77. The monoisotopic (exact) mass is 402 g/mol. The van der Waals surface area contributed by atoms with Crippen LogP contribution in [0.2, 0.25) is 0 Å². The molecule has 0 saturated carbocycles. The van der Waals surface area contributed by atoms with Crippen LogP contribution < -0.4 is 15.4 Å². The first-order valence-corrected chi connectivity index (χ1v) is 10.3. The summed E-state index contributed by atoms with van der Waals surface area (Å²) in [7, 11) is 0. The molecule has 2 N–H and O–H groups in total. The van der Waals surface area contributed by atoms with Crippen LogP contribution in [0.1, 0.15) is 50.4 Å². The summed E-state index contributed by atoms with van der Waals surface area (Å²) in [6.45, 7) is 5.93. The Morgan fingerprint density at radius 1 is 1.24 bits per heavy atom. The quantitative estimate of drug-likeness (QED) is 0.762. The predicted octanol–water partition coefficient (Wildman–Crippen LogP) is 4.10. The summed E-state index contributed by atoms with van der Waals surface area (Å²) >= 11 is 0. The molecule has 29 heavy (non-hydrogen) atoms. The maximum atomic E-state index is 14.0. The summed E-state index contributed by atoms with van der Waals surface area (Å²) in [5, 5.41) is 7.05. The van der Waals surface area contributed by atoms with Crippen molar-refractivity contribution < 1.29 is 13.5 Å². The van der Waals surface area contributed by atoms with Crippen molar-refractivity contribution >= 4 is 0 Å². The summed E-state index contributed by atoms with van der Waals surface area (Å²) < 4.78 is 34.0. The van der Waals surface area contributed by atoms with E-state index in [1.54, 1.807) is 12.3 Å². The standard InChI is InChI=1S/C22H28F2N4O/c1-21(2,24)6-5-15-11-16(23)3-4-17(15)29-18-12-26-14-28-19(18)20-22(8-10-27-20)7-9-25-13-22/h3-4,11-12,14,20,25,27H,5-10,13H2,1-2H3. The normalized spacial score (nSPS) is 24.3. The molecule has 2 aliphatic rings. The summed E-state index contributed by atoms with van der Waals surface area (Å²) in [6.07, 6.45) is 6.03. The molecule has 2 aliphatic heterocycles. The zero-order chi connectivity index (χ0) is 20.5. The molecule has 0 bridgehead atoms. The third kappa shape index (κ3) is 4.41. The lowest BCUT2D eigenvalue weighted by Crippen LogP contribution is -2.32. The minimum absolute atomic E-state index is 0.0733. The smallest absolute Gasteiger partial charge is 0.168 e. The van der Waals surface area contributed by atoms with Gasteiger partial charge in [0.1, 0.15) is 29.3 Å². The van der Waals surface area contributed by atoms with Crippen molar-refractivity contribution in [1.29, 1.82) is 0 Å². The number of halogens is 2. The third-order valence-corrected chi connectivity index (χ3v) is 6.07. The van der Waals surface area contributed by atoms with Crippen LogP contribution in [-0.2, 0) is 6.42 Å². The molecule has 0 radical (unpaired) electrons. The highest BCUT2D eigenvalue weighted by atomic mass is 19.1. The van der Waals surface area contributed by atoms with Crippen LogP contribution in [-0.4, -0.2) is 35.3 Å². The minimum Gasteiger partial charge on any atom is -0.453 e. The first kappa shape index (κ1) is 20.2. The van der Waals surface area contributed by atoms with E-state index in [1.807, 2.05) is 0 Å². The fourth-order valence-electron chi connectivity index (χ4n) is 4.45. The Labute approximate surface area is 170 Å². The van der Waals surface area contributed by atoms with Gasteiger partial charge in [0.15, 0.2) is 5.75 Å². The molecule has 4 rings (SSSR count). The molecule has 0 aliphatic carbocycles. The number of hydrogen-bond donors (Lipinski definition) is 2. The maximum absolute atomic E-state index is 14.0. The number of benzene rings is 1. The first-order valence-electron chi connectivity index (χ1n) is 10.3. The molecule has 1 spiro atoms. The fourth-order valence-corrected chi connectivity index (χ4v) is 4.45. The zero-order valence-electron chi connectivity index (χ0n) is 17.0. The van der Waals surface area contributed by atoms with E-state index in [0.29, 0.717) is 23.5 Å². The van der Waals surface area contributed by atoms with E-state index in [4.69, 9.17) is 4.74 Å². The van der Waals surface area contributed by atoms with Gasteiger partial charge in [-0.3, -0.25) is 0 Å². The van der Waals surface area contributed by atoms with Gasteiger partial charge in [-0.05, 0) is 76.4 Å². The molecular formula is C22H28F2N4O. The van der Waals surface area contributed by atoms with E-state index >= 15 is 0 Å². The van der Waals surface area contributed by atoms with Crippen molar-refractivity contribution in [2.45, 2.75) is 51.2 Å². The van der Waals surface area contributed by atoms with Crippen molar-refractivity contribution in [3.8, 4) is 11.5 Å². The van der Waals surface area contributed by atoms with Crippen molar-refractivity contribution in [3.05, 3.63) is 47.8 Å². The molecule has 1 aromatic heterocycles. The van der Waals surface area contributed by atoms with Gasteiger partial charge in [0, 0.05) is 12.0 Å². The number of ether oxygens (including phenoxy) is 1. The van der Waals surface area contributed by atoms with Gasteiger partial charge in [-0.1, -0.05) is 0 Å². The molecule has 2 fully saturated rings. The Balaban J connectivity index is 1.63. The molecule has 0 amide bonds. The Kier molecular flexibility index (Phi) is 5.53. The number of nitrogens with zero attached hydrogens (tertiary/aromatic N) is 2. The van der Waals surface area contributed by atoms with Gasteiger partial charge in [0.05, 0.1) is 12.2 Å². The molecule has 2 aromatic rings. The maximum Gasteiger partial charge on any atom is 0.168 e. The molecule has 7 heteroatoms. The van der Waals surface area contributed by atoms with E-state index in [-0.39, 0.29) is 23.7 Å². The van der Waals surface area contributed by atoms with Crippen LogP contribution in [0.25, 0.3) is 0 Å². The average molecular weight is 402 g/mol. The van der Waals surface area contributed by atoms with Crippen molar-refractivity contribution in [3.63, 3.8) is 0 Å². The van der Waals surface area contributed by atoms with Crippen LogP contribution in [0.5, 0.6) is 11.5 Å². The predicted molar refractivity (Wildman–Crippen MR) is 107 cm³/mol. The van der Waals surface area contributed by atoms with Crippen LogP contribution >= 0.6 is 0 Å². The molecule has 3 heterocycles. The summed E-state index contributed by atoms with van der Waals surface area (Å²) in [5.41, 5.74) is 0.251. The minimum atomic E-state index is -1.33. The van der Waals surface area contributed by atoms with Crippen LogP contribution in [0.3, 0.4) is 0 Å². The Morgan fingerprint density at radius 3 is 2.83 bits per heavy atom. The van der Waals surface area contributed by atoms with Gasteiger partial charge < -0.3 is 15.4 Å². The third-order valence-electron chi connectivity index (χ3n) is 6.07. The van der Waals surface area contributed by atoms with E-state index < -0.39 is 5.67 Å². The van der Waals surface area contributed by atoms with Crippen LogP contribution in [0, 0.1) is 11.2 Å². The molecule has 1 aromatic carbocycles. The Hall–Kier alpha value is -2.12. The summed E-state index contributed by atoms with van der Waals surface area (Å²) in [4.78, 5) is 8.69. The number of nitrogens with one attached hydrogen (secondary N) is 2. The Morgan fingerprint density at radius 2 is 2.07 bits per heavy atom. The lowest BCUT2D eigenvalue weighted by Gasteiger charge is -2.30. The number of aryl methyl sites for hydroxylation is 1. The topological polar surface area (TPSA) is 59.1 Å². The Bertz CT molecular complexity index is 857. The largest absolute Gasteiger partial charge is 0.453 e. The molecule has 2 atom stereocenters. The number of rotatable bonds is 6. The highest BCUT2D eigenvalue weighted by Crippen LogP contribution is 2.47. The van der Waals surface area contributed by atoms with Crippen molar-refractivity contribution in [2.24, 2.45) is 5.41 Å². The molecule has 2 saturated heterocycles. The highest BCUT2D eigenvalue weighted by Gasteiger charge is 2.47. The average Bonchev–Trinajstić information content (AvgIpc) is 3.32. The first-order chi connectivity index (χ1) is 13.9. The van der Waals surface area contributed by atoms with Gasteiger partial charge in [-0.2, -0.15) is 0 Å². The summed E-state index contributed by atoms with van der Waals surface area (Å²) in [6, 6.07) is 4.45. The second-order valence-electron chi connectivity index (χ2n) is 8.77.